The summed E-state index contributed by atoms with van der Waals surface area (Å²) in [5.74, 6) is -0.259. The fourth-order valence-corrected chi connectivity index (χ4v) is 1.60. The maximum absolute atomic E-state index is 11.5. The van der Waals surface area contributed by atoms with E-state index in [4.69, 9.17) is 4.74 Å². The molecule has 1 rings (SSSR count). The van der Waals surface area contributed by atoms with Gasteiger partial charge in [-0.3, -0.25) is 0 Å². The van der Waals surface area contributed by atoms with Crippen molar-refractivity contribution in [3.8, 4) is 0 Å². The molecule has 0 N–H and O–H groups in total. The molecule has 0 heterocycles. The zero-order valence-corrected chi connectivity index (χ0v) is 10.1. The molecular formula is C11H13BrO2. The first-order valence-electron chi connectivity index (χ1n) is 4.50. The van der Waals surface area contributed by atoms with Crippen LogP contribution in [0.2, 0.25) is 0 Å². The summed E-state index contributed by atoms with van der Waals surface area (Å²) in [6, 6.07) is 3.71. The van der Waals surface area contributed by atoms with E-state index in [-0.39, 0.29) is 5.97 Å². The Morgan fingerprint density at radius 3 is 2.64 bits per heavy atom. The van der Waals surface area contributed by atoms with Gasteiger partial charge < -0.3 is 4.74 Å². The largest absolute Gasteiger partial charge is 0.462 e. The molecule has 0 aliphatic heterocycles. The molecule has 0 aliphatic carbocycles. The summed E-state index contributed by atoms with van der Waals surface area (Å²) >= 11 is 3.44. The van der Waals surface area contributed by atoms with Crippen molar-refractivity contribution in [1.29, 1.82) is 0 Å². The molecule has 76 valence electrons. The molecular weight excluding hydrogens is 244 g/mol. The third-order valence-electron chi connectivity index (χ3n) is 2.07. The van der Waals surface area contributed by atoms with Crippen LogP contribution in [0, 0.1) is 13.8 Å². The zero-order chi connectivity index (χ0) is 10.7. The smallest absolute Gasteiger partial charge is 0.338 e. The molecule has 0 unspecified atom stereocenters. The van der Waals surface area contributed by atoms with Crippen molar-refractivity contribution in [2.45, 2.75) is 20.8 Å². The van der Waals surface area contributed by atoms with E-state index >= 15 is 0 Å². The first kappa shape index (κ1) is 11.2. The lowest BCUT2D eigenvalue weighted by molar-refractivity contribution is 0.0525. The van der Waals surface area contributed by atoms with Gasteiger partial charge in [0.05, 0.1) is 12.2 Å². The Kier molecular flexibility index (Phi) is 3.69. The first-order chi connectivity index (χ1) is 6.57. The van der Waals surface area contributed by atoms with Crippen LogP contribution in [0.1, 0.15) is 28.4 Å². The van der Waals surface area contributed by atoms with Crippen LogP contribution in [0.15, 0.2) is 16.6 Å². The van der Waals surface area contributed by atoms with Crippen molar-refractivity contribution in [2.75, 3.05) is 6.61 Å². The second kappa shape index (κ2) is 4.60. The number of ether oxygens (including phenoxy) is 1. The summed E-state index contributed by atoms with van der Waals surface area (Å²) in [5.41, 5.74) is 2.68. The van der Waals surface area contributed by atoms with Crippen LogP contribution in [0.3, 0.4) is 0 Å². The second-order valence-electron chi connectivity index (χ2n) is 3.09. The van der Waals surface area contributed by atoms with E-state index in [1.54, 1.807) is 13.0 Å². The van der Waals surface area contributed by atoms with Crippen LogP contribution in [0.4, 0.5) is 0 Å². The average molecular weight is 257 g/mol. The minimum absolute atomic E-state index is 0.259. The lowest BCUT2D eigenvalue weighted by Gasteiger charge is -2.08. The fourth-order valence-electron chi connectivity index (χ4n) is 1.25. The summed E-state index contributed by atoms with van der Waals surface area (Å²) in [6.45, 7) is 6.11. The SMILES string of the molecule is CCOC(=O)c1ccc(C)c(Br)c1C. The van der Waals surface area contributed by atoms with Gasteiger partial charge in [-0.15, -0.1) is 0 Å². The summed E-state index contributed by atoms with van der Waals surface area (Å²) < 4.78 is 5.92. The highest BCUT2D eigenvalue weighted by molar-refractivity contribution is 9.10. The summed E-state index contributed by atoms with van der Waals surface area (Å²) in [7, 11) is 0. The molecule has 0 fully saturated rings. The van der Waals surface area contributed by atoms with E-state index < -0.39 is 0 Å². The van der Waals surface area contributed by atoms with Crippen LogP contribution in [-0.2, 0) is 4.74 Å². The Balaban J connectivity index is 3.11. The highest BCUT2D eigenvalue weighted by Gasteiger charge is 2.12. The highest BCUT2D eigenvalue weighted by Crippen LogP contribution is 2.24. The molecule has 0 aromatic heterocycles. The van der Waals surface area contributed by atoms with Crippen LogP contribution in [0.5, 0.6) is 0 Å². The number of hydrogen-bond donors (Lipinski definition) is 0. The number of carbonyl (C=O) groups excluding carboxylic acids is 1. The van der Waals surface area contributed by atoms with Crippen LogP contribution in [-0.4, -0.2) is 12.6 Å². The predicted molar refractivity (Wildman–Crippen MR) is 59.6 cm³/mol. The van der Waals surface area contributed by atoms with Crippen molar-refractivity contribution in [3.63, 3.8) is 0 Å². The predicted octanol–water partition coefficient (Wildman–Crippen LogP) is 3.24. The Morgan fingerprint density at radius 2 is 2.07 bits per heavy atom. The van der Waals surface area contributed by atoms with Gasteiger partial charge in [0.2, 0.25) is 0 Å². The van der Waals surface area contributed by atoms with E-state index in [0.717, 1.165) is 15.6 Å². The molecule has 0 amide bonds. The fraction of sp³-hybridized carbons (Fsp3) is 0.364. The van der Waals surface area contributed by atoms with Gasteiger partial charge in [-0.05, 0) is 38.0 Å². The topological polar surface area (TPSA) is 26.3 Å². The van der Waals surface area contributed by atoms with E-state index in [1.165, 1.54) is 0 Å². The molecule has 0 bridgehead atoms. The molecule has 0 radical (unpaired) electrons. The summed E-state index contributed by atoms with van der Waals surface area (Å²) in [4.78, 5) is 11.5. The van der Waals surface area contributed by atoms with Gasteiger partial charge in [0.25, 0.3) is 0 Å². The number of rotatable bonds is 2. The standard InChI is InChI=1S/C11H13BrO2/c1-4-14-11(13)9-6-5-7(2)10(12)8(9)3/h5-6H,4H2,1-3H3. The second-order valence-corrected chi connectivity index (χ2v) is 3.88. The van der Waals surface area contributed by atoms with Gasteiger partial charge in [0, 0.05) is 4.47 Å². The Labute approximate surface area is 92.4 Å². The normalized spacial score (nSPS) is 10.0. The van der Waals surface area contributed by atoms with Crippen molar-refractivity contribution in [1.82, 2.24) is 0 Å². The molecule has 1 aromatic rings. The maximum Gasteiger partial charge on any atom is 0.338 e. The molecule has 1 aromatic carbocycles. The summed E-state index contributed by atoms with van der Waals surface area (Å²) in [6.07, 6.45) is 0. The quantitative estimate of drug-likeness (QED) is 0.760. The van der Waals surface area contributed by atoms with E-state index in [9.17, 15) is 4.79 Å². The highest BCUT2D eigenvalue weighted by atomic mass is 79.9. The van der Waals surface area contributed by atoms with Crippen molar-refractivity contribution < 1.29 is 9.53 Å². The van der Waals surface area contributed by atoms with Gasteiger partial charge in [0.1, 0.15) is 0 Å². The monoisotopic (exact) mass is 256 g/mol. The molecule has 0 saturated carbocycles. The van der Waals surface area contributed by atoms with Crippen molar-refractivity contribution in [2.24, 2.45) is 0 Å². The van der Waals surface area contributed by atoms with E-state index in [1.807, 2.05) is 19.9 Å². The molecule has 14 heavy (non-hydrogen) atoms. The number of halogens is 1. The first-order valence-corrected chi connectivity index (χ1v) is 5.30. The molecule has 0 spiro atoms. The Morgan fingerprint density at radius 1 is 1.43 bits per heavy atom. The van der Waals surface area contributed by atoms with E-state index in [2.05, 4.69) is 15.9 Å². The van der Waals surface area contributed by atoms with Gasteiger partial charge in [0.15, 0.2) is 0 Å². The lowest BCUT2D eigenvalue weighted by Crippen LogP contribution is -2.07. The molecule has 2 nitrogen and oxygen atoms in total. The van der Waals surface area contributed by atoms with Gasteiger partial charge >= 0.3 is 5.97 Å². The van der Waals surface area contributed by atoms with Crippen LogP contribution >= 0.6 is 15.9 Å². The minimum Gasteiger partial charge on any atom is -0.462 e. The number of carbonyl (C=O) groups is 1. The molecule has 0 aliphatic rings. The summed E-state index contributed by atoms with van der Waals surface area (Å²) in [5, 5.41) is 0. The van der Waals surface area contributed by atoms with Crippen LogP contribution in [0.25, 0.3) is 0 Å². The van der Waals surface area contributed by atoms with Crippen molar-refractivity contribution >= 4 is 21.9 Å². The Hall–Kier alpha value is -0.830. The number of aryl methyl sites for hydroxylation is 1. The lowest BCUT2D eigenvalue weighted by atomic mass is 10.1. The van der Waals surface area contributed by atoms with Crippen LogP contribution < -0.4 is 0 Å². The zero-order valence-electron chi connectivity index (χ0n) is 8.56. The minimum atomic E-state index is -0.259. The number of esters is 1. The van der Waals surface area contributed by atoms with E-state index in [0.29, 0.717) is 12.2 Å². The molecule has 0 atom stereocenters. The molecule has 0 saturated heterocycles. The van der Waals surface area contributed by atoms with Gasteiger partial charge in [-0.1, -0.05) is 22.0 Å². The number of hydrogen-bond acceptors (Lipinski definition) is 2. The average Bonchev–Trinajstić information content (AvgIpc) is 2.15. The third kappa shape index (κ3) is 2.15. The van der Waals surface area contributed by atoms with Gasteiger partial charge in [-0.25, -0.2) is 4.79 Å². The number of benzene rings is 1. The Bertz CT molecular complexity index is 359. The maximum atomic E-state index is 11.5. The van der Waals surface area contributed by atoms with Crippen molar-refractivity contribution in [3.05, 3.63) is 33.3 Å². The van der Waals surface area contributed by atoms with Gasteiger partial charge in [-0.2, -0.15) is 0 Å². The molecule has 3 heteroatoms. The third-order valence-corrected chi connectivity index (χ3v) is 3.29.